The molecule has 3 aliphatic rings. The van der Waals surface area contributed by atoms with Crippen LogP contribution in [0.4, 0.5) is 17.1 Å². The molecule has 3 heterocycles. The second kappa shape index (κ2) is 5.52. The average molecular weight is 319 g/mol. The summed E-state index contributed by atoms with van der Waals surface area (Å²) in [5, 5.41) is 3.93. The number of fused-ring (bicyclic) bond motifs is 2. The van der Waals surface area contributed by atoms with E-state index in [9.17, 15) is 0 Å². The molecule has 0 saturated carbocycles. The third-order valence-electron chi connectivity index (χ3n) is 6.10. The lowest BCUT2D eigenvalue weighted by atomic mass is 9.84. The Bertz CT molecular complexity index is 761. The molecule has 1 saturated heterocycles. The van der Waals surface area contributed by atoms with Gasteiger partial charge in [0.15, 0.2) is 0 Å². The SMILES string of the molecule is CN1CCC(C2Nc3ccccc3N3CCc4cccc2c43)CC1. The number of rotatable bonds is 1. The maximum atomic E-state index is 3.93. The molecule has 124 valence electrons. The van der Waals surface area contributed by atoms with Gasteiger partial charge in [0.1, 0.15) is 0 Å². The molecular weight excluding hydrogens is 294 g/mol. The van der Waals surface area contributed by atoms with Crippen LogP contribution in [0.1, 0.15) is 30.0 Å². The van der Waals surface area contributed by atoms with Gasteiger partial charge in [-0.25, -0.2) is 0 Å². The predicted octanol–water partition coefficient (Wildman–Crippen LogP) is 4.19. The van der Waals surface area contributed by atoms with Crippen molar-refractivity contribution < 1.29 is 0 Å². The van der Waals surface area contributed by atoms with Crippen LogP contribution in [0.15, 0.2) is 42.5 Å². The van der Waals surface area contributed by atoms with Gasteiger partial charge in [0.05, 0.1) is 17.4 Å². The van der Waals surface area contributed by atoms with Crippen molar-refractivity contribution in [3.05, 3.63) is 53.6 Å². The second-order valence-corrected chi connectivity index (χ2v) is 7.54. The highest BCUT2D eigenvalue weighted by molar-refractivity contribution is 5.84. The zero-order valence-electron chi connectivity index (χ0n) is 14.3. The van der Waals surface area contributed by atoms with Crippen molar-refractivity contribution in [2.45, 2.75) is 25.3 Å². The number of hydrogen-bond acceptors (Lipinski definition) is 3. The van der Waals surface area contributed by atoms with E-state index in [1.54, 1.807) is 0 Å². The van der Waals surface area contributed by atoms with E-state index >= 15 is 0 Å². The van der Waals surface area contributed by atoms with E-state index in [1.165, 1.54) is 54.1 Å². The van der Waals surface area contributed by atoms with Crippen molar-refractivity contribution in [3.8, 4) is 0 Å². The van der Waals surface area contributed by atoms with Crippen molar-refractivity contribution in [2.75, 3.05) is 36.9 Å². The maximum absolute atomic E-state index is 3.93. The van der Waals surface area contributed by atoms with Crippen LogP contribution < -0.4 is 10.2 Å². The lowest BCUT2D eigenvalue weighted by Crippen LogP contribution is -2.34. The monoisotopic (exact) mass is 319 g/mol. The van der Waals surface area contributed by atoms with Crippen LogP contribution in [0, 0.1) is 5.92 Å². The van der Waals surface area contributed by atoms with Gasteiger partial charge >= 0.3 is 0 Å². The summed E-state index contributed by atoms with van der Waals surface area (Å²) >= 11 is 0. The predicted molar refractivity (Wildman–Crippen MR) is 100 cm³/mol. The highest BCUT2D eigenvalue weighted by Gasteiger charge is 2.35. The normalized spacial score (nSPS) is 23.4. The zero-order chi connectivity index (χ0) is 16.1. The Morgan fingerprint density at radius 2 is 1.79 bits per heavy atom. The van der Waals surface area contributed by atoms with Crippen LogP contribution in [0.25, 0.3) is 0 Å². The lowest BCUT2D eigenvalue weighted by Gasteiger charge is -2.35. The molecule has 3 aliphatic heterocycles. The molecular formula is C21H25N3. The van der Waals surface area contributed by atoms with Gasteiger partial charge in [-0.1, -0.05) is 30.3 Å². The molecule has 0 radical (unpaired) electrons. The summed E-state index contributed by atoms with van der Waals surface area (Å²) in [4.78, 5) is 5.00. The summed E-state index contributed by atoms with van der Waals surface area (Å²) in [6.45, 7) is 3.53. The van der Waals surface area contributed by atoms with Gasteiger partial charge in [-0.3, -0.25) is 0 Å². The molecule has 1 fully saturated rings. The Kier molecular flexibility index (Phi) is 3.30. The van der Waals surface area contributed by atoms with Crippen molar-refractivity contribution in [2.24, 2.45) is 5.92 Å². The fourth-order valence-electron chi connectivity index (χ4n) is 4.79. The standard InChI is InChI=1S/C21H25N3/c1-23-12-9-15(10-13-23)20-17-6-4-5-16-11-14-24(21(16)17)19-8-3-2-7-18(19)22-20/h2-8,15,20,22H,9-14H2,1H3. The van der Waals surface area contributed by atoms with E-state index in [4.69, 9.17) is 0 Å². The Hall–Kier alpha value is -2.00. The van der Waals surface area contributed by atoms with Crippen LogP contribution in [0.5, 0.6) is 0 Å². The number of anilines is 3. The second-order valence-electron chi connectivity index (χ2n) is 7.54. The van der Waals surface area contributed by atoms with Crippen LogP contribution >= 0.6 is 0 Å². The molecule has 0 bridgehead atoms. The first kappa shape index (κ1) is 14.4. The largest absolute Gasteiger partial charge is 0.376 e. The van der Waals surface area contributed by atoms with E-state index in [-0.39, 0.29) is 0 Å². The minimum atomic E-state index is 0.429. The van der Waals surface area contributed by atoms with Crippen molar-refractivity contribution in [1.29, 1.82) is 0 Å². The van der Waals surface area contributed by atoms with E-state index in [0.29, 0.717) is 12.0 Å². The number of nitrogens with zero attached hydrogens (tertiary/aromatic N) is 2. The van der Waals surface area contributed by atoms with Crippen LogP contribution in [-0.2, 0) is 6.42 Å². The molecule has 1 atom stereocenters. The van der Waals surface area contributed by atoms with Crippen molar-refractivity contribution >= 4 is 17.1 Å². The first-order valence-electron chi connectivity index (χ1n) is 9.25. The fourth-order valence-corrected chi connectivity index (χ4v) is 4.79. The molecule has 0 spiro atoms. The molecule has 0 aromatic heterocycles. The van der Waals surface area contributed by atoms with Gasteiger partial charge in [0, 0.05) is 12.2 Å². The fraction of sp³-hybridized carbons (Fsp3) is 0.429. The van der Waals surface area contributed by atoms with Gasteiger partial charge in [-0.05, 0) is 68.6 Å². The zero-order valence-corrected chi connectivity index (χ0v) is 14.3. The van der Waals surface area contributed by atoms with Gasteiger partial charge in [-0.2, -0.15) is 0 Å². The topological polar surface area (TPSA) is 18.5 Å². The number of piperidine rings is 1. The minimum Gasteiger partial charge on any atom is -0.376 e. The quantitative estimate of drug-likeness (QED) is 0.850. The molecule has 0 amide bonds. The van der Waals surface area contributed by atoms with Gasteiger partial charge in [-0.15, -0.1) is 0 Å². The summed E-state index contributed by atoms with van der Waals surface area (Å²) in [7, 11) is 2.24. The minimum absolute atomic E-state index is 0.429. The molecule has 2 aromatic carbocycles. The van der Waals surface area contributed by atoms with Crippen molar-refractivity contribution in [3.63, 3.8) is 0 Å². The van der Waals surface area contributed by atoms with Gasteiger partial charge < -0.3 is 15.1 Å². The number of benzene rings is 2. The number of hydrogen-bond donors (Lipinski definition) is 1. The Morgan fingerprint density at radius 1 is 0.958 bits per heavy atom. The molecule has 24 heavy (non-hydrogen) atoms. The first-order valence-corrected chi connectivity index (χ1v) is 9.25. The van der Waals surface area contributed by atoms with Crippen LogP contribution in [0.2, 0.25) is 0 Å². The molecule has 5 rings (SSSR count). The summed E-state index contributed by atoms with van der Waals surface area (Å²) in [5.41, 5.74) is 7.16. The van der Waals surface area contributed by atoms with E-state index < -0.39 is 0 Å². The van der Waals surface area contributed by atoms with Gasteiger partial charge in [0.25, 0.3) is 0 Å². The van der Waals surface area contributed by atoms with E-state index in [1.807, 2.05) is 0 Å². The highest BCUT2D eigenvalue weighted by atomic mass is 15.2. The summed E-state index contributed by atoms with van der Waals surface area (Å²) in [6, 6.07) is 16.2. The summed E-state index contributed by atoms with van der Waals surface area (Å²) in [6.07, 6.45) is 3.72. The van der Waals surface area contributed by atoms with Gasteiger partial charge in [0.2, 0.25) is 0 Å². The third-order valence-corrected chi connectivity index (χ3v) is 6.10. The number of para-hydroxylation sites is 3. The van der Waals surface area contributed by atoms with Crippen LogP contribution in [0.3, 0.4) is 0 Å². The average Bonchev–Trinajstić information content (AvgIpc) is 2.99. The summed E-state index contributed by atoms with van der Waals surface area (Å²) in [5.74, 6) is 0.710. The maximum Gasteiger partial charge on any atom is 0.0646 e. The molecule has 1 N–H and O–H groups in total. The Labute approximate surface area is 144 Å². The Morgan fingerprint density at radius 3 is 2.67 bits per heavy atom. The molecule has 3 heteroatoms. The van der Waals surface area contributed by atoms with Crippen molar-refractivity contribution in [1.82, 2.24) is 4.90 Å². The Balaban J connectivity index is 1.64. The van der Waals surface area contributed by atoms with Crippen LogP contribution in [-0.4, -0.2) is 31.6 Å². The molecule has 2 aromatic rings. The summed E-state index contributed by atoms with van der Waals surface area (Å²) < 4.78 is 0. The lowest BCUT2D eigenvalue weighted by molar-refractivity contribution is 0.205. The van der Waals surface area contributed by atoms with E-state index in [2.05, 4.69) is 64.6 Å². The molecule has 1 unspecified atom stereocenters. The van der Waals surface area contributed by atoms with E-state index in [0.717, 1.165) is 13.0 Å². The third kappa shape index (κ3) is 2.15. The molecule has 0 aliphatic carbocycles. The number of nitrogens with one attached hydrogen (secondary N) is 1. The molecule has 3 nitrogen and oxygen atoms in total. The first-order chi connectivity index (χ1) is 11.8. The highest BCUT2D eigenvalue weighted by Crippen LogP contribution is 2.49. The number of likely N-dealkylation sites (tertiary alicyclic amines) is 1. The smallest absolute Gasteiger partial charge is 0.0646 e.